The van der Waals surface area contributed by atoms with Gasteiger partial charge >= 0.3 is 0 Å². The Hall–Kier alpha value is -1.68. The first-order valence-electron chi connectivity index (χ1n) is 4.48. The number of hydrogen-bond donors (Lipinski definition) is 2. The van der Waals surface area contributed by atoms with Crippen LogP contribution in [-0.4, -0.2) is 18.1 Å². The van der Waals surface area contributed by atoms with Gasteiger partial charge in [-0.05, 0) is 23.9 Å². The van der Waals surface area contributed by atoms with E-state index in [-0.39, 0.29) is 5.91 Å². The number of hydrogen-bond acceptors (Lipinski definition) is 2. The van der Waals surface area contributed by atoms with Gasteiger partial charge in [-0.2, -0.15) is 0 Å². The van der Waals surface area contributed by atoms with E-state index >= 15 is 0 Å². The summed E-state index contributed by atoms with van der Waals surface area (Å²) >= 11 is 4.79. The van der Waals surface area contributed by atoms with Gasteiger partial charge in [0.05, 0.1) is 0 Å². The van der Waals surface area contributed by atoms with E-state index in [0.717, 1.165) is 5.56 Å². The molecule has 1 aromatic carbocycles. The fourth-order valence-electron chi connectivity index (χ4n) is 0.952. The zero-order valence-corrected chi connectivity index (χ0v) is 9.17. The third-order valence-electron chi connectivity index (χ3n) is 1.69. The predicted octanol–water partition coefficient (Wildman–Crippen LogP) is 1.32. The number of rotatable bonds is 2. The van der Waals surface area contributed by atoms with Gasteiger partial charge in [0.2, 0.25) is 5.91 Å². The van der Waals surface area contributed by atoms with E-state index < -0.39 is 0 Å². The van der Waals surface area contributed by atoms with E-state index in [1.54, 1.807) is 13.1 Å². The number of amides is 1. The maximum Gasteiger partial charge on any atom is 0.250 e. The van der Waals surface area contributed by atoms with Crippen LogP contribution in [-0.2, 0) is 4.79 Å². The van der Waals surface area contributed by atoms with Crippen LogP contribution in [0.3, 0.4) is 0 Å². The molecular weight excluding hydrogens is 208 g/mol. The van der Waals surface area contributed by atoms with Gasteiger partial charge in [-0.3, -0.25) is 10.1 Å². The average Bonchev–Trinajstić information content (AvgIpc) is 2.27. The standard InChI is InChI=1S/C11H12N2OS/c1-12-11(15)13-10(14)8-7-9-5-3-2-4-6-9/h2-8H,1H3,(H2,12,13,14,15). The van der Waals surface area contributed by atoms with Crippen LogP contribution in [0, 0.1) is 0 Å². The van der Waals surface area contributed by atoms with Crippen molar-refractivity contribution >= 4 is 29.3 Å². The van der Waals surface area contributed by atoms with E-state index in [9.17, 15) is 4.79 Å². The van der Waals surface area contributed by atoms with E-state index in [4.69, 9.17) is 12.2 Å². The molecule has 15 heavy (non-hydrogen) atoms. The van der Waals surface area contributed by atoms with Crippen molar-refractivity contribution < 1.29 is 4.79 Å². The Bertz CT molecular complexity index is 373. The molecular formula is C11H12N2OS. The Kier molecular flexibility index (Phi) is 4.50. The highest BCUT2D eigenvalue weighted by Gasteiger charge is 1.96. The number of carbonyl (C=O) groups is 1. The summed E-state index contributed by atoms with van der Waals surface area (Å²) in [5.74, 6) is -0.238. The Labute approximate surface area is 94.2 Å². The quantitative estimate of drug-likeness (QED) is 0.583. The third-order valence-corrected chi connectivity index (χ3v) is 2.00. The first-order chi connectivity index (χ1) is 7.22. The molecule has 0 radical (unpaired) electrons. The van der Waals surface area contributed by atoms with E-state index in [2.05, 4.69) is 10.6 Å². The highest BCUT2D eigenvalue weighted by atomic mass is 32.1. The SMILES string of the molecule is CNC(=S)NC(=O)C=Cc1ccccc1. The topological polar surface area (TPSA) is 41.1 Å². The number of nitrogens with one attached hydrogen (secondary N) is 2. The lowest BCUT2D eigenvalue weighted by atomic mass is 10.2. The molecule has 1 aromatic rings. The normalized spacial score (nSPS) is 9.93. The Balaban J connectivity index is 2.52. The molecule has 0 atom stereocenters. The highest BCUT2D eigenvalue weighted by molar-refractivity contribution is 7.80. The second-order valence-corrected chi connectivity index (χ2v) is 3.22. The summed E-state index contributed by atoms with van der Waals surface area (Å²) in [4.78, 5) is 11.3. The van der Waals surface area contributed by atoms with Crippen molar-refractivity contribution in [2.75, 3.05) is 7.05 Å². The summed E-state index contributed by atoms with van der Waals surface area (Å²) in [6.45, 7) is 0. The van der Waals surface area contributed by atoms with Crippen LogP contribution in [0.1, 0.15) is 5.56 Å². The molecule has 0 bridgehead atoms. The Morgan fingerprint density at radius 2 is 2.00 bits per heavy atom. The molecule has 1 amide bonds. The van der Waals surface area contributed by atoms with Gasteiger partial charge in [0, 0.05) is 13.1 Å². The molecule has 0 aliphatic carbocycles. The fourth-order valence-corrected chi connectivity index (χ4v) is 1.05. The molecule has 2 N–H and O–H groups in total. The minimum Gasteiger partial charge on any atom is -0.365 e. The number of benzene rings is 1. The molecule has 0 unspecified atom stereocenters. The number of thiocarbonyl (C=S) groups is 1. The average molecular weight is 220 g/mol. The van der Waals surface area contributed by atoms with Gasteiger partial charge in [0.25, 0.3) is 0 Å². The van der Waals surface area contributed by atoms with Crippen molar-refractivity contribution in [3.8, 4) is 0 Å². The second kappa shape index (κ2) is 5.93. The molecule has 0 fully saturated rings. The molecule has 0 aromatic heterocycles. The van der Waals surface area contributed by atoms with Gasteiger partial charge in [-0.15, -0.1) is 0 Å². The molecule has 78 valence electrons. The molecule has 0 aliphatic heterocycles. The fraction of sp³-hybridized carbons (Fsp3) is 0.0909. The summed E-state index contributed by atoms with van der Waals surface area (Å²) in [6.07, 6.45) is 3.17. The van der Waals surface area contributed by atoms with Crippen LogP contribution in [0.15, 0.2) is 36.4 Å². The zero-order valence-electron chi connectivity index (χ0n) is 8.36. The van der Waals surface area contributed by atoms with Crippen LogP contribution in [0.2, 0.25) is 0 Å². The molecule has 3 nitrogen and oxygen atoms in total. The monoisotopic (exact) mass is 220 g/mol. The molecule has 0 heterocycles. The molecule has 1 rings (SSSR count). The Morgan fingerprint density at radius 3 is 2.60 bits per heavy atom. The van der Waals surface area contributed by atoms with Crippen molar-refractivity contribution in [2.45, 2.75) is 0 Å². The largest absolute Gasteiger partial charge is 0.365 e. The molecule has 0 spiro atoms. The lowest BCUT2D eigenvalue weighted by Crippen LogP contribution is -2.36. The van der Waals surface area contributed by atoms with Crippen LogP contribution in [0.25, 0.3) is 6.08 Å². The van der Waals surface area contributed by atoms with Crippen LogP contribution in [0.5, 0.6) is 0 Å². The first-order valence-corrected chi connectivity index (χ1v) is 4.89. The molecule has 0 aliphatic rings. The summed E-state index contributed by atoms with van der Waals surface area (Å²) in [7, 11) is 1.66. The van der Waals surface area contributed by atoms with Crippen molar-refractivity contribution in [1.82, 2.24) is 10.6 Å². The van der Waals surface area contributed by atoms with Crippen molar-refractivity contribution in [3.63, 3.8) is 0 Å². The minimum absolute atomic E-state index is 0.238. The third kappa shape index (κ3) is 4.37. The van der Waals surface area contributed by atoms with E-state index in [1.165, 1.54) is 6.08 Å². The van der Waals surface area contributed by atoms with Gasteiger partial charge in [0.15, 0.2) is 5.11 Å². The van der Waals surface area contributed by atoms with Crippen molar-refractivity contribution in [3.05, 3.63) is 42.0 Å². The second-order valence-electron chi connectivity index (χ2n) is 2.81. The highest BCUT2D eigenvalue weighted by Crippen LogP contribution is 2.00. The van der Waals surface area contributed by atoms with Crippen LogP contribution in [0.4, 0.5) is 0 Å². The van der Waals surface area contributed by atoms with Crippen LogP contribution < -0.4 is 10.6 Å². The summed E-state index contributed by atoms with van der Waals surface area (Å²) < 4.78 is 0. The maximum absolute atomic E-state index is 11.3. The lowest BCUT2D eigenvalue weighted by molar-refractivity contribution is -0.115. The zero-order chi connectivity index (χ0) is 11.1. The minimum atomic E-state index is -0.238. The molecule has 0 saturated carbocycles. The van der Waals surface area contributed by atoms with Gasteiger partial charge < -0.3 is 5.32 Å². The van der Waals surface area contributed by atoms with E-state index in [1.807, 2.05) is 30.3 Å². The first kappa shape index (κ1) is 11.4. The van der Waals surface area contributed by atoms with Crippen molar-refractivity contribution in [2.24, 2.45) is 0 Å². The predicted molar refractivity (Wildman–Crippen MR) is 65.3 cm³/mol. The summed E-state index contributed by atoms with van der Waals surface area (Å²) in [5, 5.41) is 5.47. The summed E-state index contributed by atoms with van der Waals surface area (Å²) in [5.41, 5.74) is 0.975. The van der Waals surface area contributed by atoms with Crippen LogP contribution >= 0.6 is 12.2 Å². The lowest BCUT2D eigenvalue weighted by Gasteiger charge is -2.01. The number of carbonyl (C=O) groups excluding carboxylic acids is 1. The maximum atomic E-state index is 11.3. The van der Waals surface area contributed by atoms with Gasteiger partial charge in [-0.25, -0.2) is 0 Å². The smallest absolute Gasteiger partial charge is 0.250 e. The van der Waals surface area contributed by atoms with E-state index in [0.29, 0.717) is 5.11 Å². The van der Waals surface area contributed by atoms with Crippen molar-refractivity contribution in [1.29, 1.82) is 0 Å². The Morgan fingerprint density at radius 1 is 1.33 bits per heavy atom. The summed E-state index contributed by atoms with van der Waals surface area (Å²) in [6, 6.07) is 9.58. The molecule has 0 saturated heterocycles. The van der Waals surface area contributed by atoms with Gasteiger partial charge in [0.1, 0.15) is 0 Å². The molecule has 4 heteroatoms. The van der Waals surface area contributed by atoms with Gasteiger partial charge in [-0.1, -0.05) is 30.3 Å².